The Morgan fingerprint density at radius 1 is 1.60 bits per heavy atom. The number of hydrogen-bond acceptors (Lipinski definition) is 3. The van der Waals surface area contributed by atoms with Gasteiger partial charge < -0.3 is 0 Å². The van der Waals surface area contributed by atoms with E-state index < -0.39 is 0 Å². The highest BCUT2D eigenvalue weighted by Crippen LogP contribution is 2.51. The largest absolute Gasteiger partial charge is 0.150 e. The molecule has 0 aromatic heterocycles. The number of rotatable bonds is 0. The summed E-state index contributed by atoms with van der Waals surface area (Å²) in [5, 5.41) is 0. The van der Waals surface area contributed by atoms with Crippen LogP contribution in [0.4, 0.5) is 0 Å². The van der Waals surface area contributed by atoms with Crippen LogP contribution in [0.15, 0.2) is 0 Å². The Hall–Kier alpha value is 1.05. The molecule has 1 fully saturated rings. The Kier molecular flexibility index (Phi) is 0.853. The van der Waals surface area contributed by atoms with Gasteiger partial charge in [0.1, 0.15) is 3.41 Å². The maximum absolute atomic E-state index is 4.06. The van der Waals surface area contributed by atoms with Crippen molar-refractivity contribution < 1.29 is 0 Å². The van der Waals surface area contributed by atoms with Gasteiger partial charge in [0.2, 0.25) is 0 Å². The van der Waals surface area contributed by atoms with E-state index in [1.165, 1.54) is 0 Å². The van der Waals surface area contributed by atoms with Gasteiger partial charge in [-0.2, -0.15) is 25.3 Å². The van der Waals surface area contributed by atoms with Crippen LogP contribution in [0.25, 0.3) is 0 Å². The highest BCUT2D eigenvalue weighted by atomic mass is 32.2. The van der Waals surface area contributed by atoms with Gasteiger partial charge in [0.05, 0.1) is 0 Å². The lowest BCUT2D eigenvalue weighted by Gasteiger charge is -1.81. The topological polar surface area (TPSA) is 0 Å². The van der Waals surface area contributed by atoms with Crippen molar-refractivity contribution in [3.8, 4) is 0 Å². The second kappa shape index (κ2) is 1.01. The summed E-state index contributed by atoms with van der Waals surface area (Å²) in [6.07, 6.45) is 0. The molecule has 1 rings (SSSR count). The number of thiol groups is 2. The monoisotopic (exact) mass is 124 g/mol. The zero-order valence-electron chi connectivity index (χ0n) is 2.51. The summed E-state index contributed by atoms with van der Waals surface area (Å²) in [5.41, 5.74) is 0. The van der Waals surface area contributed by atoms with Crippen molar-refractivity contribution >= 4 is 37.0 Å². The summed E-state index contributed by atoms with van der Waals surface area (Å²) in [7, 11) is 0. The minimum atomic E-state index is 0.0556. The van der Waals surface area contributed by atoms with Gasteiger partial charge in [-0.25, -0.2) is 0 Å². The van der Waals surface area contributed by atoms with Crippen LogP contribution in [0.5, 0.6) is 0 Å². The zero-order chi connectivity index (χ0) is 3.91. The fourth-order valence-electron chi connectivity index (χ4n) is 0.0645. The fraction of sp³-hybridized carbons (Fsp3) is 1.00. The van der Waals surface area contributed by atoms with Gasteiger partial charge in [0.25, 0.3) is 0 Å². The van der Waals surface area contributed by atoms with Crippen molar-refractivity contribution in [1.29, 1.82) is 0 Å². The van der Waals surface area contributed by atoms with Gasteiger partial charge >= 0.3 is 0 Å². The predicted octanol–water partition coefficient (Wildman–Crippen LogP) is 1.25. The molecule has 3 heteroatoms. The molecule has 0 nitrogen and oxygen atoms in total. The average molecular weight is 124 g/mol. The molecule has 0 amide bonds. The summed E-state index contributed by atoms with van der Waals surface area (Å²) in [6, 6.07) is 0. The lowest BCUT2D eigenvalue weighted by atomic mass is 11.0. The van der Waals surface area contributed by atoms with Crippen LogP contribution in [0.2, 0.25) is 0 Å². The second-order valence-electron chi connectivity index (χ2n) is 1.03. The molecule has 0 atom stereocenters. The van der Waals surface area contributed by atoms with E-state index in [0.717, 1.165) is 5.75 Å². The molecule has 1 saturated heterocycles. The van der Waals surface area contributed by atoms with Crippen LogP contribution in [-0.4, -0.2) is 9.16 Å². The van der Waals surface area contributed by atoms with E-state index in [1.807, 2.05) is 0 Å². The smallest absolute Gasteiger partial charge is 0.110 e. The van der Waals surface area contributed by atoms with Crippen LogP contribution < -0.4 is 0 Å². The minimum absolute atomic E-state index is 0.0556. The maximum atomic E-state index is 4.06. The molecule has 1 aliphatic heterocycles. The van der Waals surface area contributed by atoms with Gasteiger partial charge in [-0.05, 0) is 0 Å². The van der Waals surface area contributed by atoms with E-state index in [0.29, 0.717) is 0 Å². The second-order valence-corrected chi connectivity index (χ2v) is 4.79. The lowest BCUT2D eigenvalue weighted by Crippen LogP contribution is -1.75. The molecular weight excluding hydrogens is 120 g/mol. The lowest BCUT2D eigenvalue weighted by molar-refractivity contribution is 1.56. The van der Waals surface area contributed by atoms with Crippen molar-refractivity contribution in [2.75, 3.05) is 5.75 Å². The van der Waals surface area contributed by atoms with Gasteiger partial charge in [0, 0.05) is 5.75 Å². The van der Waals surface area contributed by atoms with Crippen molar-refractivity contribution in [3.63, 3.8) is 0 Å². The molecule has 0 aliphatic carbocycles. The molecule has 0 spiro atoms. The Balaban J connectivity index is 2.38. The van der Waals surface area contributed by atoms with E-state index in [2.05, 4.69) is 25.3 Å². The molecule has 30 valence electrons. The van der Waals surface area contributed by atoms with E-state index in [1.54, 1.807) is 11.8 Å². The minimum Gasteiger partial charge on any atom is -0.150 e. The van der Waals surface area contributed by atoms with Crippen LogP contribution in [-0.2, 0) is 0 Å². The highest BCUT2D eigenvalue weighted by Gasteiger charge is 2.35. The first-order valence-corrected chi connectivity index (χ1v) is 3.17. The van der Waals surface area contributed by atoms with Crippen LogP contribution in [0.1, 0.15) is 0 Å². The Morgan fingerprint density at radius 2 is 1.80 bits per heavy atom. The van der Waals surface area contributed by atoms with E-state index >= 15 is 0 Å². The molecule has 0 aromatic carbocycles. The first-order chi connectivity index (χ1) is 2.21. The molecule has 0 unspecified atom stereocenters. The standard InChI is InChI=1S/C2H4S3/c3-2(4)1-5-2/h3-4H,1H2. The molecule has 1 aliphatic rings. The summed E-state index contributed by atoms with van der Waals surface area (Å²) >= 11 is 9.88. The van der Waals surface area contributed by atoms with Crippen LogP contribution in [0.3, 0.4) is 0 Å². The number of thioether (sulfide) groups is 1. The molecule has 0 N–H and O–H groups in total. The molecule has 5 heavy (non-hydrogen) atoms. The van der Waals surface area contributed by atoms with Crippen molar-refractivity contribution in [2.45, 2.75) is 3.41 Å². The molecule has 0 aromatic rings. The zero-order valence-corrected chi connectivity index (χ0v) is 5.12. The average Bonchev–Trinajstić information content (AvgIpc) is 1.76. The Labute approximate surface area is 46.5 Å². The van der Waals surface area contributed by atoms with Gasteiger partial charge in [-0.15, -0.1) is 11.8 Å². The predicted molar refractivity (Wildman–Crippen MR) is 33.2 cm³/mol. The molecule has 1 heterocycles. The van der Waals surface area contributed by atoms with Crippen molar-refractivity contribution in [2.24, 2.45) is 0 Å². The van der Waals surface area contributed by atoms with Crippen molar-refractivity contribution in [1.82, 2.24) is 0 Å². The first-order valence-electron chi connectivity index (χ1n) is 1.29. The quantitative estimate of drug-likeness (QED) is 0.278. The Bertz CT molecular complexity index is 42.9. The summed E-state index contributed by atoms with van der Waals surface area (Å²) in [5.74, 6) is 1.10. The van der Waals surface area contributed by atoms with E-state index in [-0.39, 0.29) is 3.41 Å². The summed E-state index contributed by atoms with van der Waals surface area (Å²) < 4.78 is 0.0556. The van der Waals surface area contributed by atoms with Gasteiger partial charge in [0.15, 0.2) is 0 Å². The molecule has 0 radical (unpaired) electrons. The van der Waals surface area contributed by atoms with Gasteiger partial charge in [-0.1, -0.05) is 0 Å². The first kappa shape index (κ1) is 4.22. The fourth-order valence-corrected chi connectivity index (χ4v) is 0.581. The maximum Gasteiger partial charge on any atom is 0.110 e. The normalized spacial score (nSPS) is 30.0. The van der Waals surface area contributed by atoms with Crippen molar-refractivity contribution in [3.05, 3.63) is 0 Å². The van der Waals surface area contributed by atoms with E-state index in [4.69, 9.17) is 0 Å². The van der Waals surface area contributed by atoms with E-state index in [9.17, 15) is 0 Å². The van der Waals surface area contributed by atoms with Crippen LogP contribution in [0, 0.1) is 0 Å². The molecular formula is C2H4S3. The Morgan fingerprint density at radius 3 is 1.80 bits per heavy atom. The highest BCUT2D eigenvalue weighted by molar-refractivity contribution is 8.31. The summed E-state index contributed by atoms with van der Waals surface area (Å²) in [6.45, 7) is 0. The SMILES string of the molecule is SC1(S)CS1. The molecule has 0 saturated carbocycles. The third-order valence-corrected chi connectivity index (χ3v) is 2.76. The third-order valence-electron chi connectivity index (χ3n) is 0.403. The number of hydrogen-bond donors (Lipinski definition) is 2. The third kappa shape index (κ3) is 1.28. The van der Waals surface area contributed by atoms with Crippen LogP contribution >= 0.6 is 37.0 Å². The van der Waals surface area contributed by atoms with Gasteiger partial charge in [-0.3, -0.25) is 0 Å². The summed E-state index contributed by atoms with van der Waals surface area (Å²) in [4.78, 5) is 0. The molecule has 0 bridgehead atoms.